The fourth-order valence-electron chi connectivity index (χ4n) is 2.39. The van der Waals surface area contributed by atoms with E-state index in [9.17, 15) is 18.0 Å². The van der Waals surface area contributed by atoms with Crippen LogP contribution in [0.5, 0.6) is 5.75 Å². The molecule has 128 valence electrons. The Bertz CT molecular complexity index is 749. The van der Waals surface area contributed by atoms with Crippen molar-refractivity contribution in [1.29, 1.82) is 0 Å². The largest absolute Gasteiger partial charge is 0.492 e. The van der Waals surface area contributed by atoms with Crippen LogP contribution >= 0.6 is 11.6 Å². The number of amides is 1. The van der Waals surface area contributed by atoms with Crippen molar-refractivity contribution >= 4 is 23.4 Å². The normalized spacial score (nSPS) is 22.6. The number of hydrogen-bond acceptors (Lipinski definition) is 3. The van der Waals surface area contributed by atoms with E-state index < -0.39 is 17.9 Å². The molecular formula is C16H13ClF3NO3. The molecule has 1 aromatic carbocycles. The standard InChI is InChI=1S/C16H13ClF3NO3/c1-2-23-12-8-10(17)7-11-13(12)21-14(22)24-15(11,16(18,19)20)6-5-9-3-4-9/h7-9H,2-4H2,1H3,(H,21,22)/t15-/m0/s1. The van der Waals surface area contributed by atoms with Crippen molar-refractivity contribution in [2.45, 2.75) is 31.5 Å². The van der Waals surface area contributed by atoms with Gasteiger partial charge in [-0.15, -0.1) is 0 Å². The number of alkyl halides is 3. The molecular weight excluding hydrogens is 347 g/mol. The third kappa shape index (κ3) is 2.86. The summed E-state index contributed by atoms with van der Waals surface area (Å²) < 4.78 is 51.6. The maximum absolute atomic E-state index is 13.9. The van der Waals surface area contributed by atoms with E-state index in [4.69, 9.17) is 16.3 Å². The lowest BCUT2D eigenvalue weighted by Gasteiger charge is -2.36. The number of hydrogen-bond donors (Lipinski definition) is 1. The number of halogens is 4. The number of fused-ring (bicyclic) bond motifs is 1. The number of carbonyl (C=O) groups excluding carboxylic acids is 1. The van der Waals surface area contributed by atoms with Crippen molar-refractivity contribution < 1.29 is 27.4 Å². The van der Waals surface area contributed by atoms with Gasteiger partial charge in [0.25, 0.3) is 5.60 Å². The van der Waals surface area contributed by atoms with E-state index in [2.05, 4.69) is 21.9 Å². The van der Waals surface area contributed by atoms with Gasteiger partial charge in [0, 0.05) is 22.6 Å². The lowest BCUT2D eigenvalue weighted by Crippen LogP contribution is -2.49. The maximum Gasteiger partial charge on any atom is 0.445 e. The minimum absolute atomic E-state index is 0.0267. The Morgan fingerprint density at radius 2 is 2.17 bits per heavy atom. The Morgan fingerprint density at radius 3 is 2.75 bits per heavy atom. The van der Waals surface area contributed by atoms with E-state index in [0.717, 1.165) is 18.9 Å². The first-order valence-electron chi connectivity index (χ1n) is 7.33. The first kappa shape index (κ1) is 16.8. The van der Waals surface area contributed by atoms with Gasteiger partial charge in [-0.05, 0) is 31.8 Å². The van der Waals surface area contributed by atoms with E-state index in [0.29, 0.717) is 0 Å². The fourth-order valence-corrected chi connectivity index (χ4v) is 2.59. The number of carbonyl (C=O) groups is 1. The average Bonchev–Trinajstić information content (AvgIpc) is 3.29. The summed E-state index contributed by atoms with van der Waals surface area (Å²) in [5.74, 6) is 4.63. The molecule has 1 N–H and O–H groups in total. The Kier molecular flexibility index (Phi) is 4.04. The quantitative estimate of drug-likeness (QED) is 0.792. The summed E-state index contributed by atoms with van der Waals surface area (Å²) in [5, 5.41) is 2.28. The van der Waals surface area contributed by atoms with E-state index in [-0.39, 0.29) is 34.5 Å². The second-order valence-corrected chi connectivity index (χ2v) is 5.93. The van der Waals surface area contributed by atoms with E-state index in [1.807, 2.05) is 0 Å². The molecule has 1 aliphatic carbocycles. The summed E-state index contributed by atoms with van der Waals surface area (Å²) in [4.78, 5) is 11.8. The molecule has 0 spiro atoms. The van der Waals surface area contributed by atoms with Crippen LogP contribution in [0.1, 0.15) is 25.3 Å². The molecule has 1 heterocycles. The molecule has 24 heavy (non-hydrogen) atoms. The summed E-state index contributed by atoms with van der Waals surface area (Å²) in [6, 6.07) is 2.43. The van der Waals surface area contributed by atoms with Crippen LogP contribution in [0.2, 0.25) is 5.02 Å². The van der Waals surface area contributed by atoms with Crippen molar-refractivity contribution in [3.63, 3.8) is 0 Å². The average molecular weight is 360 g/mol. The van der Waals surface area contributed by atoms with Gasteiger partial charge < -0.3 is 9.47 Å². The van der Waals surface area contributed by atoms with Gasteiger partial charge in [0.05, 0.1) is 12.3 Å². The van der Waals surface area contributed by atoms with Gasteiger partial charge in [0.15, 0.2) is 0 Å². The summed E-state index contributed by atoms with van der Waals surface area (Å²) >= 11 is 5.94. The zero-order valence-corrected chi connectivity index (χ0v) is 13.3. The molecule has 0 bridgehead atoms. The van der Waals surface area contributed by atoms with Gasteiger partial charge in [-0.1, -0.05) is 17.5 Å². The molecule has 1 saturated carbocycles. The molecule has 1 fully saturated rings. The Labute approximate surface area is 141 Å². The van der Waals surface area contributed by atoms with Crippen LogP contribution in [0, 0.1) is 17.8 Å². The predicted molar refractivity (Wildman–Crippen MR) is 81.0 cm³/mol. The lowest BCUT2D eigenvalue weighted by atomic mass is 9.89. The number of benzene rings is 1. The van der Waals surface area contributed by atoms with Gasteiger partial charge in [0.1, 0.15) is 5.75 Å². The van der Waals surface area contributed by atoms with Crippen molar-refractivity contribution in [3.05, 3.63) is 22.7 Å². The van der Waals surface area contributed by atoms with Crippen molar-refractivity contribution in [1.82, 2.24) is 0 Å². The van der Waals surface area contributed by atoms with Gasteiger partial charge in [-0.25, -0.2) is 4.79 Å². The molecule has 1 aliphatic heterocycles. The number of nitrogens with one attached hydrogen (secondary N) is 1. The van der Waals surface area contributed by atoms with Gasteiger partial charge in [-0.2, -0.15) is 13.2 Å². The highest BCUT2D eigenvalue weighted by Gasteiger charge is 2.62. The number of ether oxygens (including phenoxy) is 2. The molecule has 3 rings (SSSR count). The molecule has 0 aromatic heterocycles. The minimum Gasteiger partial charge on any atom is -0.492 e. The first-order chi connectivity index (χ1) is 11.3. The molecule has 1 aromatic rings. The van der Waals surface area contributed by atoms with Crippen LogP contribution in [0.15, 0.2) is 12.1 Å². The van der Waals surface area contributed by atoms with Crippen molar-refractivity contribution in [2.24, 2.45) is 5.92 Å². The first-order valence-corrected chi connectivity index (χ1v) is 7.71. The smallest absolute Gasteiger partial charge is 0.445 e. The zero-order valence-electron chi connectivity index (χ0n) is 12.6. The number of anilines is 1. The number of rotatable bonds is 2. The fraction of sp³-hybridized carbons (Fsp3) is 0.438. The minimum atomic E-state index is -4.93. The molecule has 0 radical (unpaired) electrons. The zero-order chi connectivity index (χ0) is 17.5. The van der Waals surface area contributed by atoms with Crippen LogP contribution in [0.25, 0.3) is 0 Å². The Morgan fingerprint density at radius 1 is 1.46 bits per heavy atom. The third-order valence-corrected chi connectivity index (χ3v) is 3.87. The van der Waals surface area contributed by atoms with Crippen LogP contribution in [0.3, 0.4) is 0 Å². The van der Waals surface area contributed by atoms with Crippen molar-refractivity contribution in [3.8, 4) is 17.6 Å². The van der Waals surface area contributed by atoms with Gasteiger partial charge in [0.2, 0.25) is 0 Å². The van der Waals surface area contributed by atoms with Gasteiger partial charge in [-0.3, -0.25) is 5.32 Å². The molecule has 4 nitrogen and oxygen atoms in total. The highest BCUT2D eigenvalue weighted by atomic mass is 35.5. The summed E-state index contributed by atoms with van der Waals surface area (Å²) in [6.07, 6.45) is -4.71. The van der Waals surface area contributed by atoms with Crippen LogP contribution in [-0.2, 0) is 10.3 Å². The highest BCUT2D eigenvalue weighted by molar-refractivity contribution is 6.31. The second kappa shape index (κ2) is 5.78. The molecule has 0 saturated heterocycles. The Hall–Kier alpha value is -2.07. The summed E-state index contributed by atoms with van der Waals surface area (Å²) in [6.45, 7) is 1.86. The lowest BCUT2D eigenvalue weighted by molar-refractivity contribution is -0.239. The topological polar surface area (TPSA) is 47.6 Å². The number of cyclic esters (lactones) is 1. The van der Waals surface area contributed by atoms with Crippen LogP contribution in [0.4, 0.5) is 23.7 Å². The third-order valence-electron chi connectivity index (χ3n) is 3.65. The molecule has 8 heteroatoms. The predicted octanol–water partition coefficient (Wildman–Crippen LogP) is 4.47. The molecule has 2 aliphatic rings. The van der Waals surface area contributed by atoms with Crippen LogP contribution in [-0.4, -0.2) is 18.9 Å². The Balaban J connectivity index is 2.25. The summed E-state index contributed by atoms with van der Waals surface area (Å²) in [5.41, 5.74) is -3.57. The van der Waals surface area contributed by atoms with Crippen molar-refractivity contribution in [2.75, 3.05) is 11.9 Å². The molecule has 1 amide bonds. The summed E-state index contributed by atoms with van der Waals surface area (Å²) in [7, 11) is 0. The maximum atomic E-state index is 13.9. The molecule has 0 unspecified atom stereocenters. The monoisotopic (exact) mass is 359 g/mol. The highest BCUT2D eigenvalue weighted by Crippen LogP contribution is 2.51. The van der Waals surface area contributed by atoms with E-state index >= 15 is 0 Å². The van der Waals surface area contributed by atoms with E-state index in [1.165, 1.54) is 6.07 Å². The van der Waals surface area contributed by atoms with Gasteiger partial charge >= 0.3 is 12.3 Å². The van der Waals surface area contributed by atoms with Crippen LogP contribution < -0.4 is 10.1 Å². The SMILES string of the molecule is CCOc1cc(Cl)cc2c1NC(=O)O[C@]2(C#CC1CC1)C(F)(F)F. The molecule has 1 atom stereocenters. The van der Waals surface area contributed by atoms with E-state index in [1.54, 1.807) is 6.92 Å². The second-order valence-electron chi connectivity index (χ2n) is 5.50.